The number of rotatable bonds is 6. The second kappa shape index (κ2) is 7.14. The van der Waals surface area contributed by atoms with Crippen LogP contribution >= 0.6 is 0 Å². The van der Waals surface area contributed by atoms with Gasteiger partial charge in [-0.25, -0.2) is 4.79 Å². The lowest BCUT2D eigenvalue weighted by Gasteiger charge is -2.22. The lowest BCUT2D eigenvalue weighted by atomic mass is 10.00. The Kier molecular flexibility index (Phi) is 5.24. The third kappa shape index (κ3) is 3.99. The van der Waals surface area contributed by atoms with Crippen LogP contribution < -0.4 is 5.32 Å². The predicted octanol–water partition coefficient (Wildman–Crippen LogP) is 1.81. The van der Waals surface area contributed by atoms with Crippen LogP contribution in [0, 0.1) is 16.0 Å². The number of aromatic carboxylic acids is 1. The number of hydrogen-bond acceptors (Lipinski definition) is 5. The van der Waals surface area contributed by atoms with Gasteiger partial charge in [0.2, 0.25) is 0 Å². The smallest absolute Gasteiger partial charge is 0.343 e. The Morgan fingerprint density at radius 3 is 2.76 bits per heavy atom. The van der Waals surface area contributed by atoms with E-state index in [4.69, 9.17) is 4.74 Å². The molecule has 0 saturated carbocycles. The minimum Gasteiger partial charge on any atom is -0.477 e. The van der Waals surface area contributed by atoms with Crippen LogP contribution in [0.1, 0.15) is 28.8 Å². The van der Waals surface area contributed by atoms with Crippen molar-refractivity contribution in [3.63, 3.8) is 0 Å². The van der Waals surface area contributed by atoms with Crippen LogP contribution in [0.25, 0.3) is 0 Å². The van der Waals surface area contributed by atoms with Gasteiger partial charge in [0, 0.05) is 25.8 Å². The second-order valence-corrected chi connectivity index (χ2v) is 5.06. The normalized spacial score (nSPS) is 15.8. The fourth-order valence-corrected chi connectivity index (χ4v) is 2.49. The summed E-state index contributed by atoms with van der Waals surface area (Å²) < 4.78 is 5.28. The molecule has 1 saturated heterocycles. The molecule has 0 aliphatic carbocycles. The molecule has 2 N–H and O–H groups in total. The summed E-state index contributed by atoms with van der Waals surface area (Å²) in [5.41, 5.74) is -0.168. The number of nitro benzene ring substituents is 1. The first-order valence-electron chi connectivity index (χ1n) is 6.87. The van der Waals surface area contributed by atoms with Gasteiger partial charge < -0.3 is 15.2 Å². The average molecular weight is 294 g/mol. The van der Waals surface area contributed by atoms with Gasteiger partial charge in [0.25, 0.3) is 5.69 Å². The van der Waals surface area contributed by atoms with E-state index < -0.39 is 10.9 Å². The number of nitrogens with one attached hydrogen (secondary N) is 1. The van der Waals surface area contributed by atoms with Gasteiger partial charge in [-0.15, -0.1) is 0 Å². The zero-order valence-corrected chi connectivity index (χ0v) is 11.6. The first kappa shape index (κ1) is 15.4. The summed E-state index contributed by atoms with van der Waals surface area (Å²) in [6, 6.07) is 4.33. The maximum atomic E-state index is 11.3. The number of carbonyl (C=O) groups is 1. The second-order valence-electron chi connectivity index (χ2n) is 5.06. The first-order chi connectivity index (χ1) is 10.1. The molecule has 0 atom stereocenters. The van der Waals surface area contributed by atoms with Crippen molar-refractivity contribution in [1.82, 2.24) is 5.32 Å². The van der Waals surface area contributed by atoms with Crippen LogP contribution in [0.2, 0.25) is 0 Å². The molecule has 114 valence electrons. The lowest BCUT2D eigenvalue weighted by Crippen LogP contribution is -2.28. The van der Waals surface area contributed by atoms with Crippen molar-refractivity contribution < 1.29 is 19.6 Å². The van der Waals surface area contributed by atoms with Gasteiger partial charge in [0.1, 0.15) is 5.56 Å². The highest BCUT2D eigenvalue weighted by molar-refractivity contribution is 5.94. The van der Waals surface area contributed by atoms with Crippen LogP contribution in [0.15, 0.2) is 18.2 Å². The molecule has 1 aliphatic heterocycles. The summed E-state index contributed by atoms with van der Waals surface area (Å²) in [5.74, 6) is -0.768. The molecule has 1 heterocycles. The molecule has 0 bridgehead atoms. The number of carboxylic acid groups (broad SMARTS) is 1. The van der Waals surface area contributed by atoms with Gasteiger partial charge in [0.15, 0.2) is 0 Å². The Labute approximate surface area is 122 Å². The van der Waals surface area contributed by atoms with Crippen molar-refractivity contribution in [2.24, 2.45) is 5.92 Å². The molecule has 1 fully saturated rings. The molecule has 7 nitrogen and oxygen atoms in total. The zero-order valence-electron chi connectivity index (χ0n) is 11.6. The summed E-state index contributed by atoms with van der Waals surface area (Å²) >= 11 is 0. The number of nitro groups is 1. The maximum absolute atomic E-state index is 11.3. The molecule has 0 unspecified atom stereocenters. The summed E-state index contributed by atoms with van der Waals surface area (Å²) in [5, 5.41) is 23.3. The SMILES string of the molecule is O=C(O)c1c(CNCC2CCOCC2)cccc1[N+](=O)[O-]. The van der Waals surface area contributed by atoms with Crippen molar-refractivity contribution in [3.05, 3.63) is 39.4 Å². The Bertz CT molecular complexity index is 526. The molecular weight excluding hydrogens is 276 g/mol. The van der Waals surface area contributed by atoms with E-state index in [1.54, 1.807) is 6.07 Å². The molecule has 1 aromatic carbocycles. The zero-order chi connectivity index (χ0) is 15.2. The van der Waals surface area contributed by atoms with E-state index in [1.807, 2.05) is 0 Å². The molecule has 0 spiro atoms. The van der Waals surface area contributed by atoms with Crippen molar-refractivity contribution in [1.29, 1.82) is 0 Å². The third-order valence-corrected chi connectivity index (χ3v) is 3.63. The molecule has 2 rings (SSSR count). The monoisotopic (exact) mass is 294 g/mol. The molecule has 0 amide bonds. The van der Waals surface area contributed by atoms with Crippen LogP contribution in [0.4, 0.5) is 5.69 Å². The maximum Gasteiger partial charge on any atom is 0.343 e. The highest BCUT2D eigenvalue weighted by Gasteiger charge is 2.23. The van der Waals surface area contributed by atoms with E-state index in [1.165, 1.54) is 12.1 Å². The predicted molar refractivity (Wildman–Crippen MR) is 75.3 cm³/mol. The van der Waals surface area contributed by atoms with Crippen LogP contribution in [-0.4, -0.2) is 35.8 Å². The van der Waals surface area contributed by atoms with Crippen LogP contribution in [-0.2, 0) is 11.3 Å². The average Bonchev–Trinajstić information content (AvgIpc) is 2.47. The summed E-state index contributed by atoms with van der Waals surface area (Å²) in [7, 11) is 0. The van der Waals surface area contributed by atoms with Crippen LogP contribution in [0.3, 0.4) is 0 Å². The first-order valence-corrected chi connectivity index (χ1v) is 6.87. The van der Waals surface area contributed by atoms with E-state index in [-0.39, 0.29) is 11.3 Å². The fraction of sp³-hybridized carbons (Fsp3) is 0.500. The Morgan fingerprint density at radius 1 is 1.43 bits per heavy atom. The highest BCUT2D eigenvalue weighted by atomic mass is 16.6. The molecular formula is C14H18N2O5. The quantitative estimate of drug-likeness (QED) is 0.613. The summed E-state index contributed by atoms with van der Waals surface area (Å²) in [6.45, 7) is 2.57. The van der Waals surface area contributed by atoms with E-state index in [9.17, 15) is 20.0 Å². The van der Waals surface area contributed by atoms with Crippen LogP contribution in [0.5, 0.6) is 0 Å². The van der Waals surface area contributed by atoms with Crippen molar-refractivity contribution >= 4 is 11.7 Å². The third-order valence-electron chi connectivity index (χ3n) is 3.63. The highest BCUT2D eigenvalue weighted by Crippen LogP contribution is 2.22. The van der Waals surface area contributed by atoms with Gasteiger partial charge in [-0.3, -0.25) is 10.1 Å². The van der Waals surface area contributed by atoms with E-state index >= 15 is 0 Å². The minimum absolute atomic E-state index is 0.234. The molecule has 0 aromatic heterocycles. The minimum atomic E-state index is -1.27. The topological polar surface area (TPSA) is 102 Å². The number of ether oxygens (including phenoxy) is 1. The standard InChI is InChI=1S/C14H18N2O5/c17-14(18)13-11(2-1-3-12(13)16(19)20)9-15-8-10-4-6-21-7-5-10/h1-3,10,15H,4-9H2,(H,17,18). The number of hydrogen-bond donors (Lipinski definition) is 2. The Hall–Kier alpha value is -1.99. The van der Waals surface area contributed by atoms with Gasteiger partial charge >= 0.3 is 5.97 Å². The lowest BCUT2D eigenvalue weighted by molar-refractivity contribution is -0.385. The van der Waals surface area contributed by atoms with Gasteiger partial charge in [-0.05, 0) is 30.9 Å². The van der Waals surface area contributed by atoms with Crippen molar-refractivity contribution in [2.75, 3.05) is 19.8 Å². The summed E-state index contributed by atoms with van der Waals surface area (Å²) in [6.07, 6.45) is 1.96. The Balaban J connectivity index is 2.03. The summed E-state index contributed by atoms with van der Waals surface area (Å²) in [4.78, 5) is 21.5. The largest absolute Gasteiger partial charge is 0.477 e. The van der Waals surface area contributed by atoms with Crippen molar-refractivity contribution in [3.8, 4) is 0 Å². The fourth-order valence-electron chi connectivity index (χ4n) is 2.49. The molecule has 21 heavy (non-hydrogen) atoms. The van der Waals surface area contributed by atoms with E-state index in [2.05, 4.69) is 5.32 Å². The Morgan fingerprint density at radius 2 is 2.14 bits per heavy atom. The van der Waals surface area contributed by atoms with E-state index in [0.717, 1.165) is 32.6 Å². The van der Waals surface area contributed by atoms with Gasteiger partial charge in [-0.2, -0.15) is 0 Å². The number of nitrogens with zero attached hydrogens (tertiary/aromatic N) is 1. The van der Waals surface area contributed by atoms with Crippen molar-refractivity contribution in [2.45, 2.75) is 19.4 Å². The van der Waals surface area contributed by atoms with Gasteiger partial charge in [0.05, 0.1) is 4.92 Å². The molecule has 0 radical (unpaired) electrons. The molecule has 7 heteroatoms. The number of benzene rings is 1. The van der Waals surface area contributed by atoms with E-state index in [0.29, 0.717) is 18.0 Å². The number of carboxylic acids is 1. The molecule has 1 aliphatic rings. The van der Waals surface area contributed by atoms with Gasteiger partial charge in [-0.1, -0.05) is 12.1 Å². The molecule has 1 aromatic rings.